The molecule has 35 heavy (non-hydrogen) atoms. The highest BCUT2D eigenvalue weighted by molar-refractivity contribution is 8.00. The van der Waals surface area contributed by atoms with Gasteiger partial charge in [0.15, 0.2) is 0 Å². The second kappa shape index (κ2) is 10.8. The van der Waals surface area contributed by atoms with Gasteiger partial charge in [0.05, 0.1) is 44.0 Å². The van der Waals surface area contributed by atoms with E-state index in [0.717, 1.165) is 30.5 Å². The maximum absolute atomic E-state index is 12.2. The molecule has 0 saturated carbocycles. The third-order valence-electron chi connectivity index (χ3n) is 6.01. The number of nitrogens with zero attached hydrogens (tertiary/aromatic N) is 5. The van der Waals surface area contributed by atoms with Crippen LogP contribution in [0.5, 0.6) is 11.8 Å². The summed E-state index contributed by atoms with van der Waals surface area (Å²) < 4.78 is 24.9. The summed E-state index contributed by atoms with van der Waals surface area (Å²) in [6.07, 6.45) is -0.729. The van der Waals surface area contributed by atoms with Crippen LogP contribution in [0.1, 0.15) is 6.04 Å². The predicted molar refractivity (Wildman–Crippen MR) is 123 cm³/mol. The summed E-state index contributed by atoms with van der Waals surface area (Å²) in [5, 5.41) is 23.5. The van der Waals surface area contributed by atoms with Gasteiger partial charge in [0.1, 0.15) is 24.0 Å². The zero-order valence-corrected chi connectivity index (χ0v) is 19.6. The van der Waals surface area contributed by atoms with Crippen molar-refractivity contribution >= 4 is 29.3 Å². The Morgan fingerprint density at radius 1 is 1.17 bits per heavy atom. The summed E-state index contributed by atoms with van der Waals surface area (Å²) in [6.45, 7) is 3.59. The van der Waals surface area contributed by atoms with E-state index in [0.29, 0.717) is 25.6 Å². The van der Waals surface area contributed by atoms with Crippen molar-refractivity contribution in [2.75, 3.05) is 55.9 Å². The van der Waals surface area contributed by atoms with Crippen LogP contribution in [-0.4, -0.2) is 106 Å². The maximum Gasteiger partial charge on any atom is 0.341 e. The van der Waals surface area contributed by atoms with Crippen LogP contribution in [0, 0.1) is 0 Å². The molecule has 2 aromatic rings. The van der Waals surface area contributed by atoms with Gasteiger partial charge in [-0.25, -0.2) is 0 Å². The van der Waals surface area contributed by atoms with Crippen LogP contribution in [-0.2, 0) is 23.8 Å². The van der Waals surface area contributed by atoms with Gasteiger partial charge >= 0.3 is 12.0 Å². The molecule has 3 fully saturated rings. The predicted octanol–water partition coefficient (Wildman–Crippen LogP) is -0.0567. The molecule has 3 aliphatic rings. The van der Waals surface area contributed by atoms with Crippen LogP contribution >= 0.6 is 11.8 Å². The second-order valence-electron chi connectivity index (χ2n) is 8.33. The Morgan fingerprint density at radius 3 is 2.83 bits per heavy atom. The quantitative estimate of drug-likeness (QED) is 0.469. The van der Waals surface area contributed by atoms with E-state index in [1.165, 1.54) is 0 Å². The Balaban J connectivity index is 1.21. The summed E-state index contributed by atoms with van der Waals surface area (Å²) in [7, 11) is 0. The summed E-state index contributed by atoms with van der Waals surface area (Å²) in [4.78, 5) is 25.0. The van der Waals surface area contributed by atoms with E-state index < -0.39 is 5.97 Å². The van der Waals surface area contributed by atoms with Crippen LogP contribution in [0.15, 0.2) is 24.3 Å². The summed E-state index contributed by atoms with van der Waals surface area (Å²) in [6, 6.07) is 7.29. The molecule has 3 saturated heterocycles. The first-order chi connectivity index (χ1) is 17.1. The van der Waals surface area contributed by atoms with E-state index >= 15 is 0 Å². The molecule has 0 aliphatic carbocycles. The van der Waals surface area contributed by atoms with Crippen molar-refractivity contribution in [1.29, 1.82) is 0 Å². The Hall–Kier alpha value is -2.94. The maximum atomic E-state index is 12.2. The molecule has 1 amide bonds. The van der Waals surface area contributed by atoms with Crippen molar-refractivity contribution in [3.8, 4) is 11.8 Å². The number of hydrogen-bond acceptors (Lipinski definition) is 11. The number of fused-ring (bicyclic) bond motifs is 1. The lowest BCUT2D eigenvalue weighted by molar-refractivity contribution is -0.133. The van der Waals surface area contributed by atoms with Gasteiger partial charge < -0.3 is 34.3 Å². The van der Waals surface area contributed by atoms with Crippen molar-refractivity contribution in [2.24, 2.45) is 0 Å². The number of carbonyl (C=O) groups is 2. The highest BCUT2D eigenvalue weighted by Crippen LogP contribution is 2.36. The number of aliphatic carboxylic acids is 1. The third kappa shape index (κ3) is 5.50. The van der Waals surface area contributed by atoms with Crippen LogP contribution in [0.2, 0.25) is 0 Å². The van der Waals surface area contributed by atoms with Gasteiger partial charge in [-0.05, 0) is 22.6 Å². The molecular formula is C21H26N6O7S. The zero-order valence-electron chi connectivity index (χ0n) is 18.8. The van der Waals surface area contributed by atoms with Crippen LogP contribution in [0.4, 0.5) is 5.69 Å². The minimum Gasteiger partial charge on any atom is -0.481 e. The normalized spacial score (nSPS) is 25.9. The topological polar surface area (TPSA) is 150 Å². The number of amides is 1. The minimum absolute atomic E-state index is 0.0537. The molecule has 0 bridgehead atoms. The molecular weight excluding hydrogens is 480 g/mol. The Labute approximate surface area is 205 Å². The first-order valence-electron chi connectivity index (χ1n) is 11.3. The highest BCUT2D eigenvalue weighted by Gasteiger charge is 2.50. The number of rotatable bonds is 9. The molecule has 4 heterocycles. The second-order valence-corrected chi connectivity index (χ2v) is 9.31. The van der Waals surface area contributed by atoms with E-state index in [9.17, 15) is 9.59 Å². The summed E-state index contributed by atoms with van der Waals surface area (Å²) in [5.74, 6) is -0.684. The third-order valence-corrected chi connectivity index (χ3v) is 6.93. The van der Waals surface area contributed by atoms with E-state index in [2.05, 4.69) is 25.7 Å². The number of carboxylic acids is 1. The molecule has 13 nitrogen and oxygen atoms in total. The SMILES string of the molecule is O=C(O)CSCC(=O)N[C@H]1CO[C@H]2[C@H]1OC[C@H]2n1nnnc1Oc1cccc(N2CCOCC2)c1. The first-order valence-corrected chi connectivity index (χ1v) is 12.4. The van der Waals surface area contributed by atoms with Crippen LogP contribution < -0.4 is 15.0 Å². The average Bonchev–Trinajstić information content (AvgIpc) is 3.58. The number of nitrogens with one attached hydrogen (secondary N) is 1. The lowest BCUT2D eigenvalue weighted by atomic mass is 10.1. The lowest BCUT2D eigenvalue weighted by Gasteiger charge is -2.29. The molecule has 1 aromatic heterocycles. The number of thioether (sulfide) groups is 1. The molecule has 14 heteroatoms. The lowest BCUT2D eigenvalue weighted by Crippen LogP contribution is -2.44. The highest BCUT2D eigenvalue weighted by atomic mass is 32.2. The number of morpholine rings is 1. The Morgan fingerprint density at radius 2 is 2.00 bits per heavy atom. The van der Waals surface area contributed by atoms with E-state index in [1.807, 2.05) is 24.3 Å². The van der Waals surface area contributed by atoms with Crippen LogP contribution in [0.25, 0.3) is 0 Å². The zero-order chi connectivity index (χ0) is 24.2. The fourth-order valence-electron chi connectivity index (χ4n) is 4.42. The van der Waals surface area contributed by atoms with Gasteiger partial charge in [0.2, 0.25) is 5.91 Å². The molecule has 0 unspecified atom stereocenters. The number of carboxylic acid groups (broad SMARTS) is 1. The van der Waals surface area contributed by atoms with Gasteiger partial charge in [0, 0.05) is 24.8 Å². The fourth-order valence-corrected chi connectivity index (χ4v) is 4.97. The standard InChI is InChI=1S/C21H26N6O7S/c28-17(11-35-12-18(29)30)22-15-9-32-20-16(10-33-19(15)20)27-21(23-24-25-27)34-14-3-1-2-13(8-14)26-4-6-31-7-5-26/h1-3,8,15-16,19-20H,4-7,9-12H2,(H,22,28)(H,29,30)/t15-,16+,19-,20+/m0/s1. The Bertz CT molecular complexity index is 1050. The summed E-state index contributed by atoms with van der Waals surface area (Å²) >= 11 is 1.04. The number of ether oxygens (including phenoxy) is 4. The number of carbonyl (C=O) groups excluding carboxylic acids is 1. The Kier molecular flexibility index (Phi) is 7.32. The molecule has 188 valence electrons. The number of hydrogen-bond donors (Lipinski definition) is 2. The molecule has 2 N–H and O–H groups in total. The molecule has 3 aliphatic heterocycles. The van der Waals surface area contributed by atoms with E-state index in [1.54, 1.807) is 4.68 Å². The largest absolute Gasteiger partial charge is 0.481 e. The fraction of sp³-hybridized carbons (Fsp3) is 0.571. The number of aromatic nitrogens is 4. The van der Waals surface area contributed by atoms with Crippen molar-refractivity contribution in [3.05, 3.63) is 24.3 Å². The smallest absolute Gasteiger partial charge is 0.341 e. The average molecular weight is 507 g/mol. The van der Waals surface area contributed by atoms with Gasteiger partial charge in [-0.1, -0.05) is 11.2 Å². The summed E-state index contributed by atoms with van der Waals surface area (Å²) in [5.41, 5.74) is 1.04. The number of benzene rings is 1. The number of tetrazole rings is 1. The van der Waals surface area contributed by atoms with E-state index in [4.69, 9.17) is 24.1 Å². The van der Waals surface area contributed by atoms with E-state index in [-0.39, 0.29) is 54.3 Å². The molecule has 4 atom stereocenters. The molecule has 0 radical (unpaired) electrons. The van der Waals surface area contributed by atoms with Crippen molar-refractivity contribution < 1.29 is 33.6 Å². The van der Waals surface area contributed by atoms with Gasteiger partial charge in [-0.3, -0.25) is 9.59 Å². The van der Waals surface area contributed by atoms with Crippen molar-refractivity contribution in [2.45, 2.75) is 24.3 Å². The monoisotopic (exact) mass is 506 g/mol. The molecule has 0 spiro atoms. The number of anilines is 1. The molecule has 5 rings (SSSR count). The molecule has 1 aromatic carbocycles. The van der Waals surface area contributed by atoms with Crippen LogP contribution in [0.3, 0.4) is 0 Å². The first kappa shape index (κ1) is 23.8. The van der Waals surface area contributed by atoms with Crippen molar-refractivity contribution in [3.63, 3.8) is 0 Å². The minimum atomic E-state index is -0.957. The van der Waals surface area contributed by atoms with Gasteiger partial charge in [-0.15, -0.1) is 11.8 Å². The van der Waals surface area contributed by atoms with Gasteiger partial charge in [-0.2, -0.15) is 4.68 Å². The van der Waals surface area contributed by atoms with Gasteiger partial charge in [0.25, 0.3) is 0 Å². The van der Waals surface area contributed by atoms with Crippen molar-refractivity contribution in [1.82, 2.24) is 25.5 Å².